The minimum absolute atomic E-state index is 0.0414. The van der Waals surface area contributed by atoms with Gasteiger partial charge in [0, 0.05) is 37.0 Å². The number of hydrogen-bond acceptors (Lipinski definition) is 9. The average Bonchev–Trinajstić information content (AvgIpc) is 3.89. The number of halogens is 2. The topological polar surface area (TPSA) is 116 Å². The van der Waals surface area contributed by atoms with Gasteiger partial charge < -0.3 is 18.9 Å². The molecule has 47 heavy (non-hydrogen) atoms. The van der Waals surface area contributed by atoms with Crippen molar-refractivity contribution in [1.82, 2.24) is 15.4 Å². The summed E-state index contributed by atoms with van der Waals surface area (Å²) in [4.78, 5) is 42.5. The van der Waals surface area contributed by atoms with E-state index < -0.39 is 17.0 Å². The molecule has 2 fully saturated rings. The number of amides is 1. The first kappa shape index (κ1) is 32.0. The summed E-state index contributed by atoms with van der Waals surface area (Å²) in [5.74, 6) is -0.538. The lowest BCUT2D eigenvalue weighted by atomic mass is 9.88. The number of pyridine rings is 1. The number of nitrogens with one attached hydrogen (secondary N) is 1. The van der Waals surface area contributed by atoms with E-state index >= 15 is 4.39 Å². The van der Waals surface area contributed by atoms with Gasteiger partial charge in [0.1, 0.15) is 24.8 Å². The van der Waals surface area contributed by atoms with Crippen LogP contribution in [0.1, 0.15) is 24.0 Å². The summed E-state index contributed by atoms with van der Waals surface area (Å²) in [6, 6.07) is 14.9. The number of ketones is 2. The largest absolute Gasteiger partial charge is 0.493 e. The van der Waals surface area contributed by atoms with Gasteiger partial charge in [0.25, 0.3) is 5.91 Å². The Labute approximate surface area is 269 Å². The van der Waals surface area contributed by atoms with Gasteiger partial charge in [-0.2, -0.15) is 0 Å². The Kier molecular flexibility index (Phi) is 9.41. The van der Waals surface area contributed by atoms with E-state index in [9.17, 15) is 18.8 Å². The maximum atomic E-state index is 15.3. The minimum Gasteiger partial charge on any atom is -0.493 e. The molecule has 1 aliphatic heterocycles. The molecule has 1 saturated heterocycles. The van der Waals surface area contributed by atoms with E-state index in [-0.39, 0.29) is 49.3 Å². The highest BCUT2D eigenvalue weighted by atomic mass is 19.1. The molecule has 6 rings (SSSR count). The van der Waals surface area contributed by atoms with Gasteiger partial charge in [-0.15, -0.1) is 0 Å². The van der Waals surface area contributed by atoms with E-state index in [1.54, 1.807) is 24.3 Å². The van der Waals surface area contributed by atoms with Gasteiger partial charge >= 0.3 is 0 Å². The van der Waals surface area contributed by atoms with Crippen molar-refractivity contribution in [2.75, 3.05) is 40.0 Å². The van der Waals surface area contributed by atoms with Crippen molar-refractivity contribution in [2.24, 2.45) is 5.41 Å². The molecular weight excluding hydrogens is 612 g/mol. The molecular formula is C35H33F2N3O7. The van der Waals surface area contributed by atoms with Gasteiger partial charge in [0.15, 0.2) is 34.6 Å². The number of carbonyl (C=O) groups is 3. The number of aromatic nitrogens is 1. The first-order valence-corrected chi connectivity index (χ1v) is 15.2. The Balaban J connectivity index is 1.10. The molecule has 0 atom stereocenters. The summed E-state index contributed by atoms with van der Waals surface area (Å²) in [7, 11) is 1.50. The van der Waals surface area contributed by atoms with E-state index in [1.807, 2.05) is 0 Å². The standard InChI is InChI=1S/C35H33F2N3O7/c1-44-30-19-25-27(20-31(30)46-14-12-39-40-13-15-45-21-34(40)43)38-11-8-28(25)47-29-7-4-23(16-26(29)37)18-33(42)35(9-10-35)32(41)17-22-2-5-24(36)6-3-22/h2-8,11,16,19-20,39H,9-10,12-15,17-18,21H2,1H3. The summed E-state index contributed by atoms with van der Waals surface area (Å²) in [6.07, 6.45) is 2.38. The number of benzene rings is 3. The lowest BCUT2D eigenvalue weighted by Crippen LogP contribution is -2.50. The second-order valence-corrected chi connectivity index (χ2v) is 11.5. The number of carbonyl (C=O) groups excluding carboxylic acids is 3. The van der Waals surface area contributed by atoms with Crippen LogP contribution in [0, 0.1) is 17.0 Å². The first-order chi connectivity index (χ1) is 22.8. The molecule has 2 aliphatic rings. The van der Waals surface area contributed by atoms with Crippen molar-refractivity contribution < 1.29 is 42.1 Å². The first-order valence-electron chi connectivity index (χ1n) is 15.2. The summed E-state index contributed by atoms with van der Waals surface area (Å²) in [6.45, 7) is 1.57. The van der Waals surface area contributed by atoms with Crippen molar-refractivity contribution in [1.29, 1.82) is 0 Å². The van der Waals surface area contributed by atoms with Crippen molar-refractivity contribution >= 4 is 28.4 Å². The molecule has 244 valence electrons. The van der Waals surface area contributed by atoms with Gasteiger partial charge in [-0.25, -0.2) is 14.2 Å². The smallest absolute Gasteiger partial charge is 0.262 e. The molecule has 1 saturated carbocycles. The third-order valence-electron chi connectivity index (χ3n) is 8.31. The maximum absolute atomic E-state index is 15.3. The predicted molar refractivity (Wildman–Crippen MR) is 166 cm³/mol. The number of fused-ring (bicyclic) bond motifs is 1. The monoisotopic (exact) mass is 645 g/mol. The second kappa shape index (κ2) is 13.8. The van der Waals surface area contributed by atoms with E-state index in [2.05, 4.69) is 10.4 Å². The van der Waals surface area contributed by atoms with Crippen molar-refractivity contribution in [2.45, 2.75) is 25.7 Å². The molecule has 0 bridgehead atoms. The van der Waals surface area contributed by atoms with Crippen LogP contribution in [0.15, 0.2) is 66.9 Å². The molecule has 12 heteroatoms. The van der Waals surface area contributed by atoms with Crippen LogP contribution in [0.4, 0.5) is 8.78 Å². The molecule has 0 unspecified atom stereocenters. The summed E-state index contributed by atoms with van der Waals surface area (Å²) in [5.41, 5.74) is 3.54. The van der Waals surface area contributed by atoms with Crippen LogP contribution < -0.4 is 19.6 Å². The maximum Gasteiger partial charge on any atom is 0.262 e. The van der Waals surface area contributed by atoms with Gasteiger partial charge in [-0.1, -0.05) is 18.2 Å². The number of methoxy groups -OCH3 is 1. The van der Waals surface area contributed by atoms with Crippen molar-refractivity contribution in [3.63, 3.8) is 0 Å². The Morgan fingerprint density at radius 2 is 1.68 bits per heavy atom. The van der Waals surface area contributed by atoms with Crippen LogP contribution in [0.25, 0.3) is 10.9 Å². The molecule has 2 heterocycles. The highest BCUT2D eigenvalue weighted by Crippen LogP contribution is 2.49. The van der Waals surface area contributed by atoms with Crippen LogP contribution in [0.2, 0.25) is 0 Å². The SMILES string of the molecule is COc1cc2c(Oc3ccc(CC(=O)C4(C(=O)Cc5ccc(F)cc5)CC4)cc3F)ccnc2cc1OCCNN1CCOCC1=O. The third-order valence-corrected chi connectivity index (χ3v) is 8.31. The Morgan fingerprint density at radius 1 is 0.936 bits per heavy atom. The quantitative estimate of drug-likeness (QED) is 0.153. The molecule has 4 aromatic rings. The fraction of sp³-hybridized carbons (Fsp3) is 0.314. The molecule has 3 aromatic carbocycles. The predicted octanol–water partition coefficient (Wildman–Crippen LogP) is 4.76. The average molecular weight is 646 g/mol. The lowest BCUT2D eigenvalue weighted by molar-refractivity contribution is -0.146. The fourth-order valence-corrected chi connectivity index (χ4v) is 5.52. The van der Waals surface area contributed by atoms with Gasteiger partial charge in [0.05, 0.1) is 31.2 Å². The highest BCUT2D eigenvalue weighted by molar-refractivity contribution is 6.11. The number of Topliss-reactive ketones (excluding diaryl/α,β-unsaturated/α-hetero) is 2. The molecule has 1 aromatic heterocycles. The molecule has 1 N–H and O–H groups in total. The van der Waals surface area contributed by atoms with Crippen LogP contribution in [-0.4, -0.2) is 67.5 Å². The molecule has 0 radical (unpaired) electrons. The zero-order valence-corrected chi connectivity index (χ0v) is 25.7. The van der Waals surface area contributed by atoms with E-state index in [0.29, 0.717) is 71.8 Å². The highest BCUT2D eigenvalue weighted by Gasteiger charge is 2.54. The minimum atomic E-state index is -1.07. The molecule has 0 spiro atoms. The molecule has 10 nitrogen and oxygen atoms in total. The Morgan fingerprint density at radius 3 is 2.38 bits per heavy atom. The summed E-state index contributed by atoms with van der Waals surface area (Å²) < 4.78 is 51.0. The van der Waals surface area contributed by atoms with Crippen LogP contribution in [-0.2, 0) is 32.0 Å². The van der Waals surface area contributed by atoms with Crippen molar-refractivity contribution in [3.05, 3.63) is 89.6 Å². The number of nitrogens with zero attached hydrogens (tertiary/aromatic N) is 2. The Hall–Kier alpha value is -4.94. The summed E-state index contributed by atoms with van der Waals surface area (Å²) in [5, 5.41) is 2.06. The van der Waals surface area contributed by atoms with E-state index in [4.69, 9.17) is 18.9 Å². The second-order valence-electron chi connectivity index (χ2n) is 11.5. The number of hydrogen-bond donors (Lipinski definition) is 1. The van der Waals surface area contributed by atoms with Gasteiger partial charge in [0.2, 0.25) is 0 Å². The van der Waals surface area contributed by atoms with Crippen molar-refractivity contribution in [3.8, 4) is 23.0 Å². The van der Waals surface area contributed by atoms with Gasteiger partial charge in [-0.3, -0.25) is 24.4 Å². The lowest BCUT2D eigenvalue weighted by Gasteiger charge is -2.27. The van der Waals surface area contributed by atoms with Gasteiger partial charge in [-0.05, 0) is 60.4 Å². The number of morpholine rings is 1. The fourth-order valence-electron chi connectivity index (χ4n) is 5.52. The summed E-state index contributed by atoms with van der Waals surface area (Å²) >= 11 is 0. The van der Waals surface area contributed by atoms with Crippen LogP contribution >= 0.6 is 0 Å². The molecule has 1 aliphatic carbocycles. The third kappa shape index (κ3) is 7.23. The normalized spacial score (nSPS) is 15.4. The molecule has 1 amide bonds. The number of hydrazine groups is 1. The number of ether oxygens (including phenoxy) is 4. The van der Waals surface area contributed by atoms with Crippen LogP contribution in [0.3, 0.4) is 0 Å². The zero-order valence-electron chi connectivity index (χ0n) is 25.7. The van der Waals surface area contributed by atoms with E-state index in [1.165, 1.54) is 54.7 Å². The zero-order chi connectivity index (χ0) is 33.0. The number of rotatable bonds is 14. The van der Waals surface area contributed by atoms with E-state index in [0.717, 1.165) is 0 Å². The Bertz CT molecular complexity index is 1810. The van der Waals surface area contributed by atoms with Crippen LogP contribution in [0.5, 0.6) is 23.0 Å².